The Kier molecular flexibility index (Phi) is 3.56. The van der Waals surface area contributed by atoms with Crippen LogP contribution in [0.25, 0.3) is 0 Å². The van der Waals surface area contributed by atoms with E-state index in [-0.39, 0.29) is 12.7 Å². The van der Waals surface area contributed by atoms with Crippen molar-refractivity contribution in [1.29, 1.82) is 0 Å². The Morgan fingerprint density at radius 2 is 2.10 bits per heavy atom. The Labute approximate surface area is 123 Å². The lowest BCUT2D eigenvalue weighted by Crippen LogP contribution is -2.28. The lowest BCUT2D eigenvalue weighted by Gasteiger charge is -2.17. The third-order valence-electron chi connectivity index (χ3n) is 3.67. The minimum Gasteiger partial charge on any atom is -0.454 e. The van der Waals surface area contributed by atoms with E-state index in [0.717, 1.165) is 17.0 Å². The first-order valence-electron chi connectivity index (χ1n) is 6.86. The molecule has 1 aromatic heterocycles. The molecule has 1 aliphatic heterocycles. The molecule has 0 spiro atoms. The number of carbonyl (C=O) groups excluding carboxylic acids is 1. The number of carbonyl (C=O) groups is 1. The molecule has 0 atom stereocenters. The van der Waals surface area contributed by atoms with E-state index in [0.29, 0.717) is 18.7 Å². The number of amides is 1. The van der Waals surface area contributed by atoms with E-state index < -0.39 is 0 Å². The Hall–Kier alpha value is -2.43. The van der Waals surface area contributed by atoms with Crippen molar-refractivity contribution in [2.45, 2.75) is 13.0 Å². The molecule has 2 heterocycles. The first kappa shape index (κ1) is 13.5. The smallest absolute Gasteiger partial charge is 0.231 e. The van der Waals surface area contributed by atoms with Gasteiger partial charge in [-0.2, -0.15) is 0 Å². The second-order valence-corrected chi connectivity index (χ2v) is 5.22. The molecule has 0 saturated heterocycles. The van der Waals surface area contributed by atoms with Crippen LogP contribution in [0.5, 0.6) is 11.5 Å². The summed E-state index contributed by atoms with van der Waals surface area (Å²) in [7, 11) is 3.80. The molecule has 1 amide bonds. The summed E-state index contributed by atoms with van der Waals surface area (Å²) in [5.74, 6) is 1.53. The van der Waals surface area contributed by atoms with E-state index in [1.165, 1.54) is 0 Å². The van der Waals surface area contributed by atoms with Gasteiger partial charge in [0.25, 0.3) is 0 Å². The van der Waals surface area contributed by atoms with Crippen LogP contribution >= 0.6 is 0 Å². The van der Waals surface area contributed by atoms with Gasteiger partial charge in [0.15, 0.2) is 11.5 Å². The van der Waals surface area contributed by atoms with Crippen molar-refractivity contribution in [3.8, 4) is 11.5 Å². The Morgan fingerprint density at radius 1 is 1.29 bits per heavy atom. The minimum atomic E-state index is 0.0788. The molecule has 1 aromatic carbocycles. The van der Waals surface area contributed by atoms with Gasteiger partial charge in [-0.05, 0) is 29.8 Å². The quantitative estimate of drug-likeness (QED) is 0.863. The second-order valence-electron chi connectivity index (χ2n) is 5.22. The van der Waals surface area contributed by atoms with Crippen molar-refractivity contribution in [3.05, 3.63) is 47.8 Å². The Morgan fingerprint density at radius 3 is 2.86 bits per heavy atom. The van der Waals surface area contributed by atoms with E-state index >= 15 is 0 Å². The summed E-state index contributed by atoms with van der Waals surface area (Å²) in [4.78, 5) is 14.0. The number of rotatable bonds is 4. The summed E-state index contributed by atoms with van der Waals surface area (Å²) in [5, 5.41) is 0. The normalized spacial score (nSPS) is 12.5. The topological polar surface area (TPSA) is 43.7 Å². The number of hydrogen-bond acceptors (Lipinski definition) is 3. The van der Waals surface area contributed by atoms with Crippen LogP contribution in [0.2, 0.25) is 0 Å². The fourth-order valence-electron chi connectivity index (χ4n) is 2.35. The third kappa shape index (κ3) is 2.86. The summed E-state index contributed by atoms with van der Waals surface area (Å²) in [6.07, 6.45) is 2.34. The number of hydrogen-bond donors (Lipinski definition) is 0. The zero-order chi connectivity index (χ0) is 14.8. The Balaban J connectivity index is 1.64. The highest BCUT2D eigenvalue weighted by Crippen LogP contribution is 2.32. The molecule has 1 aliphatic rings. The molecule has 0 unspecified atom stereocenters. The number of aromatic nitrogens is 1. The van der Waals surface area contributed by atoms with E-state index in [2.05, 4.69) is 0 Å². The van der Waals surface area contributed by atoms with Gasteiger partial charge in [-0.1, -0.05) is 6.07 Å². The van der Waals surface area contributed by atoms with Crippen molar-refractivity contribution in [1.82, 2.24) is 9.47 Å². The van der Waals surface area contributed by atoms with Crippen LogP contribution < -0.4 is 9.47 Å². The molecule has 21 heavy (non-hydrogen) atoms. The third-order valence-corrected chi connectivity index (χ3v) is 3.67. The number of nitrogens with zero attached hydrogens (tertiary/aromatic N) is 2. The van der Waals surface area contributed by atoms with Crippen molar-refractivity contribution in [3.63, 3.8) is 0 Å². The molecule has 2 aromatic rings. The SMILES string of the molecule is CN(Cc1cccn1C)C(=O)Cc1ccc2c(c1)OCO2. The van der Waals surface area contributed by atoms with Gasteiger partial charge in [-0.3, -0.25) is 4.79 Å². The minimum absolute atomic E-state index is 0.0788. The molecule has 0 bridgehead atoms. The first-order valence-corrected chi connectivity index (χ1v) is 6.86. The molecule has 5 nitrogen and oxygen atoms in total. The fourth-order valence-corrected chi connectivity index (χ4v) is 2.35. The average Bonchev–Trinajstić information content (AvgIpc) is 3.07. The maximum atomic E-state index is 12.3. The van der Waals surface area contributed by atoms with Gasteiger partial charge in [0.1, 0.15) is 0 Å². The van der Waals surface area contributed by atoms with Crippen LogP contribution in [0.4, 0.5) is 0 Å². The second kappa shape index (κ2) is 5.52. The molecule has 110 valence electrons. The van der Waals surface area contributed by atoms with Gasteiger partial charge in [-0.15, -0.1) is 0 Å². The van der Waals surface area contributed by atoms with Gasteiger partial charge in [0, 0.05) is 26.0 Å². The maximum absolute atomic E-state index is 12.3. The first-order chi connectivity index (χ1) is 10.1. The molecule has 5 heteroatoms. The molecule has 3 rings (SSSR count). The van der Waals surface area contributed by atoms with Crippen molar-refractivity contribution < 1.29 is 14.3 Å². The summed E-state index contributed by atoms with van der Waals surface area (Å²) >= 11 is 0. The lowest BCUT2D eigenvalue weighted by atomic mass is 10.1. The predicted octanol–water partition coefficient (Wildman–Crippen LogP) is 1.95. The van der Waals surface area contributed by atoms with Crippen LogP contribution in [0.15, 0.2) is 36.5 Å². The summed E-state index contributed by atoms with van der Waals surface area (Å²) in [6.45, 7) is 0.854. The monoisotopic (exact) mass is 286 g/mol. The molecular formula is C16H18N2O3. The Bertz CT molecular complexity index is 663. The molecule has 0 N–H and O–H groups in total. The van der Waals surface area contributed by atoms with Crippen molar-refractivity contribution in [2.24, 2.45) is 7.05 Å². The summed E-state index contributed by atoms with van der Waals surface area (Å²) in [6, 6.07) is 9.62. The molecule has 0 aliphatic carbocycles. The zero-order valence-electron chi connectivity index (χ0n) is 12.2. The number of likely N-dealkylation sites (N-methyl/N-ethyl adjacent to an activating group) is 1. The van der Waals surface area contributed by atoms with Gasteiger partial charge in [0.05, 0.1) is 13.0 Å². The maximum Gasteiger partial charge on any atom is 0.231 e. The largest absolute Gasteiger partial charge is 0.454 e. The van der Waals surface area contributed by atoms with Crippen LogP contribution in [0.1, 0.15) is 11.3 Å². The van der Waals surface area contributed by atoms with E-state index in [4.69, 9.17) is 9.47 Å². The number of aryl methyl sites for hydroxylation is 1. The van der Waals surface area contributed by atoms with Crippen LogP contribution in [0, 0.1) is 0 Å². The molecule has 0 fully saturated rings. The lowest BCUT2D eigenvalue weighted by molar-refractivity contribution is -0.129. The summed E-state index contributed by atoms with van der Waals surface area (Å²) < 4.78 is 12.6. The summed E-state index contributed by atoms with van der Waals surface area (Å²) in [5.41, 5.74) is 2.04. The molecule has 0 radical (unpaired) electrons. The van der Waals surface area contributed by atoms with Crippen LogP contribution in [-0.4, -0.2) is 29.2 Å². The number of benzene rings is 1. The average molecular weight is 286 g/mol. The molecular weight excluding hydrogens is 268 g/mol. The number of fused-ring (bicyclic) bond motifs is 1. The standard InChI is InChI=1S/C16H18N2O3/c1-17-7-3-4-13(17)10-18(2)16(19)9-12-5-6-14-15(8-12)21-11-20-14/h3-8H,9-11H2,1-2H3. The van der Waals surface area contributed by atoms with Crippen LogP contribution in [0.3, 0.4) is 0 Å². The molecule has 0 saturated carbocycles. The van der Waals surface area contributed by atoms with Crippen molar-refractivity contribution >= 4 is 5.91 Å². The van der Waals surface area contributed by atoms with Gasteiger partial charge in [-0.25, -0.2) is 0 Å². The van der Waals surface area contributed by atoms with Gasteiger partial charge < -0.3 is 18.9 Å². The van der Waals surface area contributed by atoms with Gasteiger partial charge >= 0.3 is 0 Å². The fraction of sp³-hybridized carbons (Fsp3) is 0.312. The van der Waals surface area contributed by atoms with E-state index in [1.54, 1.807) is 4.90 Å². The van der Waals surface area contributed by atoms with Gasteiger partial charge in [0.2, 0.25) is 12.7 Å². The van der Waals surface area contributed by atoms with Crippen LogP contribution in [-0.2, 0) is 24.8 Å². The number of ether oxygens (including phenoxy) is 2. The zero-order valence-corrected chi connectivity index (χ0v) is 12.2. The highest BCUT2D eigenvalue weighted by atomic mass is 16.7. The predicted molar refractivity (Wildman–Crippen MR) is 78.2 cm³/mol. The van der Waals surface area contributed by atoms with E-state index in [1.807, 2.05) is 55.2 Å². The highest BCUT2D eigenvalue weighted by Gasteiger charge is 2.16. The van der Waals surface area contributed by atoms with Crippen molar-refractivity contribution in [2.75, 3.05) is 13.8 Å². The van der Waals surface area contributed by atoms with E-state index in [9.17, 15) is 4.79 Å². The highest BCUT2D eigenvalue weighted by molar-refractivity contribution is 5.78.